The van der Waals surface area contributed by atoms with Crippen LogP contribution in [0.25, 0.3) is 22.5 Å². The molecule has 1 aromatic carbocycles. The third kappa shape index (κ3) is 9.95. The summed E-state index contributed by atoms with van der Waals surface area (Å²) in [5.74, 6) is 0.602. The predicted molar refractivity (Wildman–Crippen MR) is 233 cm³/mol. The molecule has 1 unspecified atom stereocenters. The third-order valence-electron chi connectivity index (χ3n) is 13.1. The number of aromatic nitrogens is 6. The zero-order chi connectivity index (χ0) is 44.3. The van der Waals surface area contributed by atoms with Gasteiger partial charge in [-0.2, -0.15) is 5.10 Å². The van der Waals surface area contributed by atoms with Crippen molar-refractivity contribution in [2.45, 2.75) is 88.8 Å². The van der Waals surface area contributed by atoms with Crippen molar-refractivity contribution in [2.75, 3.05) is 56.5 Å². The normalized spacial score (nSPS) is 22.0. The molecule has 2 atom stereocenters. The minimum atomic E-state index is -2.87. The van der Waals surface area contributed by atoms with Gasteiger partial charge in [0, 0.05) is 57.6 Å². The Morgan fingerprint density at radius 3 is 2.59 bits per heavy atom. The lowest BCUT2D eigenvalue weighted by atomic mass is 9.86. The van der Waals surface area contributed by atoms with Crippen LogP contribution < -0.4 is 27.0 Å². The number of ether oxygens (including phenoxy) is 1. The molecule has 0 bridgehead atoms. The predicted octanol–water partition coefficient (Wildman–Crippen LogP) is 5.23. The Morgan fingerprint density at radius 1 is 0.984 bits per heavy atom. The van der Waals surface area contributed by atoms with Crippen molar-refractivity contribution in [1.82, 2.24) is 44.4 Å². The SMILES string of the molecule is Cn1c(=O)n(C2CCC(=O)NC2=O)c2ccc(CCCN3CCO[C@H](CNCC4CCC(n5cc(NC(=O)c6coc(-c7ccnc(NCC8CC8)c7)n6)c(C(F)F)n5)CC4)C3)cc21. The fourth-order valence-corrected chi connectivity index (χ4v) is 9.25. The molecule has 4 fully saturated rings. The standard InChI is InChI=1S/C45H55F2N11O6/c1-55-37-19-27(8-11-35(37)58(45(55)62)36-12-13-39(59)53-43(36)61)3-2-16-56-17-18-63-32(24-56)23-48-21-28-6-9-31(10-7-28)57-25-33(40(54-57)41(46)47)51-42(60)34-26-64-44(52-34)30-14-15-49-38(20-30)50-22-29-4-5-29/h8,11,14-15,19-20,25-26,28-29,31-32,36,41,48H,2-7,9-10,12-13,16-18,21-24H2,1H3,(H,49,50)(H,51,60)(H,53,59,61)/t28?,31?,32-,36?/m1/s1. The first-order valence-electron chi connectivity index (χ1n) is 22.5. The monoisotopic (exact) mass is 883 g/mol. The number of piperidine rings is 1. The van der Waals surface area contributed by atoms with Crippen LogP contribution >= 0.6 is 0 Å². The largest absolute Gasteiger partial charge is 0.444 e. The maximum atomic E-state index is 14.2. The molecule has 4 N–H and O–H groups in total. The number of hydrogen-bond donors (Lipinski definition) is 4. The van der Waals surface area contributed by atoms with Crippen molar-refractivity contribution in [3.05, 3.63) is 76.4 Å². The van der Waals surface area contributed by atoms with E-state index >= 15 is 0 Å². The van der Waals surface area contributed by atoms with E-state index in [-0.39, 0.29) is 47.4 Å². The van der Waals surface area contributed by atoms with Gasteiger partial charge in [0.25, 0.3) is 12.3 Å². The first-order chi connectivity index (χ1) is 31.1. The highest BCUT2D eigenvalue weighted by Gasteiger charge is 2.32. The number of rotatable bonds is 17. The molecule has 9 rings (SSSR count). The van der Waals surface area contributed by atoms with Gasteiger partial charge in [0.15, 0.2) is 11.4 Å². The second-order valence-corrected chi connectivity index (χ2v) is 17.7. The molecule has 2 aliphatic carbocycles. The highest BCUT2D eigenvalue weighted by molar-refractivity contribution is 6.03. The van der Waals surface area contributed by atoms with Crippen LogP contribution in [-0.4, -0.2) is 103 Å². The fourth-order valence-electron chi connectivity index (χ4n) is 9.25. The molecule has 64 heavy (non-hydrogen) atoms. The molecule has 0 radical (unpaired) electrons. The Hall–Kier alpha value is -5.79. The van der Waals surface area contributed by atoms with Crippen LogP contribution in [0.1, 0.15) is 98.0 Å². The summed E-state index contributed by atoms with van der Waals surface area (Å²) < 4.78 is 44.7. The highest BCUT2D eigenvalue weighted by atomic mass is 19.3. The van der Waals surface area contributed by atoms with Gasteiger partial charge in [-0.25, -0.2) is 23.5 Å². The number of amides is 3. The quantitative estimate of drug-likeness (QED) is 0.0890. The Morgan fingerprint density at radius 2 is 1.80 bits per heavy atom. The van der Waals surface area contributed by atoms with Gasteiger partial charge in [-0.3, -0.25) is 38.4 Å². The summed E-state index contributed by atoms with van der Waals surface area (Å²) in [6.07, 6.45) is 9.64. The van der Waals surface area contributed by atoms with Gasteiger partial charge in [0.2, 0.25) is 17.7 Å². The number of nitrogens with zero attached hydrogens (tertiary/aromatic N) is 7. The number of alkyl halides is 2. The van der Waals surface area contributed by atoms with E-state index in [1.165, 1.54) is 29.9 Å². The number of morpholine rings is 1. The summed E-state index contributed by atoms with van der Waals surface area (Å²) in [5.41, 5.74) is 2.39. The van der Waals surface area contributed by atoms with E-state index in [0.717, 1.165) is 88.9 Å². The third-order valence-corrected chi connectivity index (χ3v) is 13.1. The Balaban J connectivity index is 0.707. The molecule has 3 amide bonds. The number of oxazole rings is 1. The molecule has 0 spiro atoms. The van der Waals surface area contributed by atoms with E-state index in [9.17, 15) is 28.0 Å². The lowest BCUT2D eigenvalue weighted by Crippen LogP contribution is -2.47. The van der Waals surface area contributed by atoms with Gasteiger partial charge in [-0.05, 0) is 113 Å². The lowest BCUT2D eigenvalue weighted by molar-refractivity contribution is -0.135. The Labute approximate surface area is 368 Å². The smallest absolute Gasteiger partial charge is 0.329 e. The van der Waals surface area contributed by atoms with Crippen molar-refractivity contribution >= 4 is 40.3 Å². The number of carbonyl (C=O) groups excluding carboxylic acids is 3. The summed E-state index contributed by atoms with van der Waals surface area (Å²) in [5, 5.41) is 16.1. The van der Waals surface area contributed by atoms with Crippen LogP contribution in [0, 0.1) is 11.8 Å². The first-order valence-corrected chi connectivity index (χ1v) is 22.5. The van der Waals surface area contributed by atoms with Crippen molar-refractivity contribution in [3.8, 4) is 11.5 Å². The summed E-state index contributed by atoms with van der Waals surface area (Å²) in [6.45, 7) is 5.68. The van der Waals surface area contributed by atoms with Crippen LogP contribution in [0.3, 0.4) is 0 Å². The van der Waals surface area contributed by atoms with Crippen molar-refractivity contribution in [1.29, 1.82) is 0 Å². The highest BCUT2D eigenvalue weighted by Crippen LogP contribution is 2.35. The number of hydrogen-bond acceptors (Lipinski definition) is 12. The van der Waals surface area contributed by atoms with E-state index in [1.807, 2.05) is 18.2 Å². The second kappa shape index (κ2) is 19.1. The number of benzene rings is 1. The number of carbonyl (C=O) groups is 3. The minimum Gasteiger partial charge on any atom is -0.444 e. The lowest BCUT2D eigenvalue weighted by Gasteiger charge is -2.34. The minimum absolute atomic E-state index is 0.0324. The van der Waals surface area contributed by atoms with E-state index in [0.29, 0.717) is 41.8 Å². The van der Waals surface area contributed by atoms with E-state index < -0.39 is 30.0 Å². The van der Waals surface area contributed by atoms with Crippen LogP contribution in [0.2, 0.25) is 0 Å². The number of nitrogens with one attached hydrogen (secondary N) is 4. The number of imide groups is 1. The molecule has 2 aliphatic heterocycles. The maximum absolute atomic E-state index is 14.2. The molecule has 4 aromatic heterocycles. The maximum Gasteiger partial charge on any atom is 0.329 e. The number of imidazole rings is 1. The summed E-state index contributed by atoms with van der Waals surface area (Å²) in [7, 11) is 1.71. The average molecular weight is 884 g/mol. The molecule has 5 aromatic rings. The second-order valence-electron chi connectivity index (χ2n) is 17.7. The van der Waals surface area contributed by atoms with E-state index in [2.05, 4.69) is 41.2 Å². The Bertz CT molecular complexity index is 2540. The van der Waals surface area contributed by atoms with E-state index in [4.69, 9.17) is 9.15 Å². The van der Waals surface area contributed by atoms with Gasteiger partial charge in [-0.15, -0.1) is 0 Å². The molecule has 2 saturated carbocycles. The van der Waals surface area contributed by atoms with Crippen molar-refractivity contribution in [2.24, 2.45) is 18.9 Å². The van der Waals surface area contributed by atoms with Gasteiger partial charge >= 0.3 is 5.69 Å². The number of anilines is 2. The molecule has 340 valence electrons. The Kier molecular flexibility index (Phi) is 13.0. The molecule has 17 nitrogen and oxygen atoms in total. The van der Waals surface area contributed by atoms with Crippen LogP contribution in [0.4, 0.5) is 20.3 Å². The summed E-state index contributed by atoms with van der Waals surface area (Å²) in [6, 6.07) is 8.71. The summed E-state index contributed by atoms with van der Waals surface area (Å²) >= 11 is 0. The number of pyridine rings is 1. The molecular weight excluding hydrogens is 829 g/mol. The van der Waals surface area contributed by atoms with Crippen molar-refractivity contribution in [3.63, 3.8) is 0 Å². The molecular formula is C45H55F2N11O6. The van der Waals surface area contributed by atoms with Crippen LogP contribution in [0.5, 0.6) is 0 Å². The average Bonchev–Trinajstić information content (AvgIpc) is 3.71. The first kappa shape index (κ1) is 43.5. The zero-order valence-electron chi connectivity index (χ0n) is 35.9. The summed E-state index contributed by atoms with van der Waals surface area (Å²) in [4.78, 5) is 61.6. The number of halogens is 2. The number of fused-ring (bicyclic) bond motifs is 1. The van der Waals surface area contributed by atoms with Crippen LogP contribution in [0.15, 0.2) is 58.2 Å². The molecule has 4 aliphatic rings. The topological polar surface area (TPSA) is 195 Å². The number of aryl methyl sites for hydroxylation is 2. The van der Waals surface area contributed by atoms with Gasteiger partial charge in [0.05, 0.1) is 35.5 Å². The molecule has 19 heteroatoms. The van der Waals surface area contributed by atoms with Gasteiger partial charge < -0.3 is 25.1 Å². The van der Waals surface area contributed by atoms with Crippen LogP contribution in [-0.2, 0) is 27.8 Å². The van der Waals surface area contributed by atoms with E-state index in [1.54, 1.807) is 34.6 Å². The van der Waals surface area contributed by atoms with Gasteiger partial charge in [0.1, 0.15) is 18.1 Å². The fraction of sp³-hybridized carbons (Fsp3) is 0.533. The van der Waals surface area contributed by atoms with Crippen molar-refractivity contribution < 1.29 is 32.3 Å². The molecule has 6 heterocycles. The zero-order valence-corrected chi connectivity index (χ0v) is 35.9. The molecule has 2 saturated heterocycles. The van der Waals surface area contributed by atoms with Gasteiger partial charge in [-0.1, -0.05) is 6.07 Å².